The molecule has 3 aromatic rings. The van der Waals surface area contributed by atoms with E-state index < -0.39 is 5.91 Å². The van der Waals surface area contributed by atoms with E-state index in [9.17, 15) is 9.59 Å². The van der Waals surface area contributed by atoms with Crippen LogP contribution in [-0.4, -0.2) is 28.9 Å². The molecule has 0 atom stereocenters. The highest BCUT2D eigenvalue weighted by atomic mass is 35.5. The highest BCUT2D eigenvalue weighted by Crippen LogP contribution is 2.16. The molecule has 162 valence electrons. The largest absolute Gasteiger partial charge is 0.337 e. The van der Waals surface area contributed by atoms with E-state index in [4.69, 9.17) is 23.8 Å². The average Bonchev–Trinajstić information content (AvgIpc) is 2.78. The number of nitrogens with zero attached hydrogens (tertiary/aromatic N) is 1. The lowest BCUT2D eigenvalue weighted by molar-refractivity contribution is -0.115. The predicted molar refractivity (Wildman–Crippen MR) is 134 cm³/mol. The van der Waals surface area contributed by atoms with Crippen molar-refractivity contribution in [1.82, 2.24) is 10.2 Å². The smallest absolute Gasteiger partial charge is 0.253 e. The van der Waals surface area contributed by atoms with E-state index in [0.717, 1.165) is 11.1 Å². The molecule has 32 heavy (non-hydrogen) atoms. The number of benzene rings is 3. The number of anilines is 1. The monoisotopic (exact) mass is 463 g/mol. The van der Waals surface area contributed by atoms with Crippen molar-refractivity contribution in [2.24, 2.45) is 0 Å². The average molecular weight is 464 g/mol. The summed E-state index contributed by atoms with van der Waals surface area (Å²) in [5.74, 6) is -0.507. The van der Waals surface area contributed by atoms with Crippen LogP contribution in [0.5, 0.6) is 0 Å². The molecule has 0 aliphatic heterocycles. The van der Waals surface area contributed by atoms with Crippen LogP contribution in [0.15, 0.2) is 84.9 Å². The van der Waals surface area contributed by atoms with Gasteiger partial charge < -0.3 is 10.2 Å². The van der Waals surface area contributed by atoms with Crippen LogP contribution in [0, 0.1) is 0 Å². The zero-order valence-corrected chi connectivity index (χ0v) is 19.0. The number of thiocarbonyl (C=S) groups is 1. The third-order valence-corrected chi connectivity index (χ3v) is 5.08. The van der Waals surface area contributed by atoms with E-state index in [1.54, 1.807) is 54.4 Å². The Labute approximate surface area is 197 Å². The topological polar surface area (TPSA) is 61.4 Å². The van der Waals surface area contributed by atoms with E-state index in [1.165, 1.54) is 6.08 Å². The second kappa shape index (κ2) is 11.2. The molecule has 0 saturated carbocycles. The Kier molecular flexibility index (Phi) is 8.14. The molecular formula is C25H22ClN3O2S. The quantitative estimate of drug-likeness (QED) is 0.392. The van der Waals surface area contributed by atoms with Crippen LogP contribution in [0.4, 0.5) is 5.69 Å². The third-order valence-electron chi connectivity index (χ3n) is 4.53. The minimum Gasteiger partial charge on any atom is -0.337 e. The van der Waals surface area contributed by atoms with Crippen LogP contribution in [0.3, 0.4) is 0 Å². The first-order valence-electron chi connectivity index (χ1n) is 9.86. The number of hydrogen-bond acceptors (Lipinski definition) is 3. The Balaban J connectivity index is 1.57. The van der Waals surface area contributed by atoms with Gasteiger partial charge in [-0.2, -0.15) is 0 Å². The molecule has 5 nitrogen and oxygen atoms in total. The van der Waals surface area contributed by atoms with Crippen molar-refractivity contribution in [3.05, 3.63) is 107 Å². The Bertz CT molecular complexity index is 1150. The van der Waals surface area contributed by atoms with Crippen molar-refractivity contribution in [1.29, 1.82) is 0 Å². The summed E-state index contributed by atoms with van der Waals surface area (Å²) in [6.45, 7) is 0.504. The SMILES string of the molecule is CN(Cc1ccccc1)C(=O)c1cccc(NC(=S)NC(=O)/C=C/c2ccccc2Cl)c1. The maximum Gasteiger partial charge on any atom is 0.253 e. The molecule has 0 aliphatic rings. The summed E-state index contributed by atoms with van der Waals surface area (Å²) >= 11 is 11.3. The van der Waals surface area contributed by atoms with Gasteiger partial charge in [0, 0.05) is 35.9 Å². The number of amides is 2. The molecule has 0 fully saturated rings. The maximum atomic E-state index is 12.8. The number of halogens is 1. The Morgan fingerprint density at radius 2 is 1.72 bits per heavy atom. The lowest BCUT2D eigenvalue weighted by Gasteiger charge is -2.18. The molecule has 0 aromatic heterocycles. The molecule has 0 bridgehead atoms. The maximum absolute atomic E-state index is 12.8. The summed E-state index contributed by atoms with van der Waals surface area (Å²) in [6, 6.07) is 23.9. The van der Waals surface area contributed by atoms with Crippen LogP contribution in [0.25, 0.3) is 6.08 Å². The van der Waals surface area contributed by atoms with Gasteiger partial charge in [0.2, 0.25) is 5.91 Å². The van der Waals surface area contributed by atoms with Gasteiger partial charge in [-0.1, -0.05) is 66.2 Å². The van der Waals surface area contributed by atoms with Gasteiger partial charge in [0.25, 0.3) is 5.91 Å². The Hall–Kier alpha value is -3.48. The molecule has 0 heterocycles. The summed E-state index contributed by atoms with van der Waals surface area (Å²) in [5, 5.41) is 6.19. The predicted octanol–water partition coefficient (Wildman–Crippen LogP) is 5.14. The van der Waals surface area contributed by atoms with Crippen LogP contribution in [-0.2, 0) is 11.3 Å². The molecule has 7 heteroatoms. The van der Waals surface area contributed by atoms with Crippen LogP contribution in [0.1, 0.15) is 21.5 Å². The van der Waals surface area contributed by atoms with Crippen molar-refractivity contribution in [2.45, 2.75) is 6.54 Å². The van der Waals surface area contributed by atoms with E-state index in [-0.39, 0.29) is 11.0 Å². The first kappa shape index (κ1) is 23.2. The number of carbonyl (C=O) groups excluding carboxylic acids is 2. The zero-order chi connectivity index (χ0) is 22.9. The van der Waals surface area contributed by atoms with Gasteiger partial charge in [-0.05, 0) is 53.7 Å². The molecule has 0 radical (unpaired) electrons. The second-order valence-electron chi connectivity index (χ2n) is 7.03. The highest BCUT2D eigenvalue weighted by Gasteiger charge is 2.13. The fraction of sp³-hybridized carbons (Fsp3) is 0.0800. The van der Waals surface area contributed by atoms with Crippen LogP contribution >= 0.6 is 23.8 Å². The van der Waals surface area contributed by atoms with E-state index in [0.29, 0.717) is 22.8 Å². The molecule has 3 rings (SSSR count). The van der Waals surface area contributed by atoms with Gasteiger partial charge >= 0.3 is 0 Å². The fourth-order valence-electron chi connectivity index (χ4n) is 2.97. The van der Waals surface area contributed by atoms with Gasteiger partial charge in [-0.25, -0.2) is 0 Å². The Morgan fingerprint density at radius 1 is 1.00 bits per heavy atom. The summed E-state index contributed by atoms with van der Waals surface area (Å²) < 4.78 is 0. The van der Waals surface area contributed by atoms with Crippen LogP contribution in [0.2, 0.25) is 5.02 Å². The minimum atomic E-state index is -0.391. The standard InChI is InChI=1S/C25H22ClN3O2S/c1-29(17-18-8-3-2-4-9-18)24(31)20-11-7-12-21(16-20)27-25(32)28-23(30)15-14-19-10-5-6-13-22(19)26/h2-16H,17H2,1H3,(H2,27,28,30,32)/b15-14+. The van der Waals surface area contributed by atoms with Gasteiger partial charge in [0.05, 0.1) is 0 Å². The van der Waals surface area contributed by atoms with E-state index in [1.807, 2.05) is 42.5 Å². The first-order valence-corrected chi connectivity index (χ1v) is 10.6. The summed E-state index contributed by atoms with van der Waals surface area (Å²) in [6.07, 6.45) is 2.97. The number of carbonyl (C=O) groups is 2. The van der Waals surface area contributed by atoms with Crippen molar-refractivity contribution >= 4 is 52.5 Å². The second-order valence-corrected chi connectivity index (χ2v) is 7.84. The first-order chi connectivity index (χ1) is 15.4. The highest BCUT2D eigenvalue weighted by molar-refractivity contribution is 7.80. The summed E-state index contributed by atoms with van der Waals surface area (Å²) in [7, 11) is 1.76. The number of rotatable bonds is 6. The lowest BCUT2D eigenvalue weighted by Crippen LogP contribution is -2.33. The molecule has 2 N–H and O–H groups in total. The number of nitrogens with one attached hydrogen (secondary N) is 2. The molecule has 0 unspecified atom stereocenters. The third kappa shape index (κ3) is 6.77. The lowest BCUT2D eigenvalue weighted by atomic mass is 10.1. The zero-order valence-electron chi connectivity index (χ0n) is 17.4. The molecule has 0 saturated heterocycles. The summed E-state index contributed by atoms with van der Waals surface area (Å²) in [4.78, 5) is 26.6. The van der Waals surface area contributed by atoms with Gasteiger partial charge in [-0.3, -0.25) is 14.9 Å². The Morgan fingerprint density at radius 3 is 2.47 bits per heavy atom. The van der Waals surface area contributed by atoms with Crippen molar-refractivity contribution in [3.63, 3.8) is 0 Å². The molecule has 3 aromatic carbocycles. The van der Waals surface area contributed by atoms with Gasteiger partial charge in [-0.15, -0.1) is 0 Å². The normalized spacial score (nSPS) is 10.6. The molecule has 0 spiro atoms. The molecule has 0 aliphatic carbocycles. The van der Waals surface area contributed by atoms with Crippen molar-refractivity contribution < 1.29 is 9.59 Å². The number of hydrogen-bond donors (Lipinski definition) is 2. The van der Waals surface area contributed by atoms with Gasteiger partial charge in [0.15, 0.2) is 5.11 Å². The fourth-order valence-corrected chi connectivity index (χ4v) is 3.39. The van der Waals surface area contributed by atoms with Crippen molar-refractivity contribution in [2.75, 3.05) is 12.4 Å². The molecular weight excluding hydrogens is 442 g/mol. The van der Waals surface area contributed by atoms with Crippen LogP contribution < -0.4 is 10.6 Å². The minimum absolute atomic E-state index is 0.116. The van der Waals surface area contributed by atoms with Gasteiger partial charge in [0.1, 0.15) is 0 Å². The van der Waals surface area contributed by atoms with E-state index >= 15 is 0 Å². The molecule has 2 amide bonds. The summed E-state index contributed by atoms with van der Waals surface area (Å²) in [5.41, 5.74) is 2.89. The van der Waals surface area contributed by atoms with Crippen molar-refractivity contribution in [3.8, 4) is 0 Å². The van der Waals surface area contributed by atoms with E-state index in [2.05, 4.69) is 10.6 Å².